The standard InChI is InChI=1S/C19H19BrN6O/c20-15-3-1-2-14(10-15)19(27)25-8-6-24(7-9-25)17-5-4-16(21)11-18(17)26-12-22-23-13-26/h1-5,10-13H,6-9,21H2. The zero-order valence-electron chi connectivity index (χ0n) is 14.6. The Labute approximate surface area is 165 Å². The summed E-state index contributed by atoms with van der Waals surface area (Å²) < 4.78 is 2.76. The zero-order valence-corrected chi connectivity index (χ0v) is 16.2. The number of benzene rings is 2. The predicted molar refractivity (Wildman–Crippen MR) is 108 cm³/mol. The summed E-state index contributed by atoms with van der Waals surface area (Å²) in [6.07, 6.45) is 3.32. The maximum atomic E-state index is 12.7. The van der Waals surface area contributed by atoms with E-state index in [2.05, 4.69) is 31.0 Å². The quantitative estimate of drug-likeness (QED) is 0.650. The molecule has 8 heteroatoms. The second-order valence-corrected chi connectivity index (χ2v) is 7.32. The van der Waals surface area contributed by atoms with Gasteiger partial charge in [0.05, 0.1) is 11.4 Å². The number of carbonyl (C=O) groups excluding carboxylic acids is 1. The Morgan fingerprint density at radius 2 is 1.70 bits per heavy atom. The van der Waals surface area contributed by atoms with Crippen LogP contribution in [0.1, 0.15) is 10.4 Å². The molecule has 0 radical (unpaired) electrons. The fourth-order valence-corrected chi connectivity index (χ4v) is 3.69. The number of piperazine rings is 1. The number of hydrogen-bond acceptors (Lipinski definition) is 5. The summed E-state index contributed by atoms with van der Waals surface area (Å²) in [5, 5.41) is 7.77. The summed E-state index contributed by atoms with van der Waals surface area (Å²) in [5.41, 5.74) is 9.35. The van der Waals surface area contributed by atoms with Gasteiger partial charge in [-0.2, -0.15) is 0 Å². The normalized spacial score (nSPS) is 14.4. The molecule has 0 unspecified atom stereocenters. The third-order valence-electron chi connectivity index (χ3n) is 4.68. The van der Waals surface area contributed by atoms with E-state index >= 15 is 0 Å². The van der Waals surface area contributed by atoms with Crippen LogP contribution in [0.4, 0.5) is 11.4 Å². The van der Waals surface area contributed by atoms with Crippen LogP contribution >= 0.6 is 15.9 Å². The van der Waals surface area contributed by atoms with Crippen LogP contribution < -0.4 is 10.6 Å². The summed E-state index contributed by atoms with van der Waals surface area (Å²) in [6.45, 7) is 2.83. The van der Waals surface area contributed by atoms with E-state index in [0.717, 1.165) is 28.9 Å². The van der Waals surface area contributed by atoms with Crippen molar-refractivity contribution < 1.29 is 4.79 Å². The number of rotatable bonds is 3. The summed E-state index contributed by atoms with van der Waals surface area (Å²) in [4.78, 5) is 16.9. The molecule has 1 saturated heterocycles. The summed E-state index contributed by atoms with van der Waals surface area (Å²) >= 11 is 3.43. The highest BCUT2D eigenvalue weighted by atomic mass is 79.9. The Bertz CT molecular complexity index is 951. The van der Waals surface area contributed by atoms with Gasteiger partial charge in [0.15, 0.2) is 0 Å². The highest BCUT2D eigenvalue weighted by Gasteiger charge is 2.24. The zero-order chi connectivity index (χ0) is 18.8. The molecular formula is C19H19BrN6O. The van der Waals surface area contributed by atoms with Gasteiger partial charge in [0, 0.05) is 41.9 Å². The van der Waals surface area contributed by atoms with Crippen LogP contribution in [0.2, 0.25) is 0 Å². The van der Waals surface area contributed by atoms with Crippen molar-refractivity contribution in [3.05, 3.63) is 65.2 Å². The molecule has 2 heterocycles. The maximum Gasteiger partial charge on any atom is 0.254 e. The first-order valence-corrected chi connectivity index (χ1v) is 9.45. The molecule has 2 aromatic carbocycles. The van der Waals surface area contributed by atoms with Crippen molar-refractivity contribution in [3.8, 4) is 5.69 Å². The lowest BCUT2D eigenvalue weighted by atomic mass is 10.1. The molecule has 1 fully saturated rings. The summed E-state index contributed by atoms with van der Waals surface area (Å²) in [6, 6.07) is 13.3. The molecule has 0 bridgehead atoms. The van der Waals surface area contributed by atoms with Crippen LogP contribution in [-0.4, -0.2) is 51.8 Å². The van der Waals surface area contributed by atoms with Gasteiger partial charge in [-0.25, -0.2) is 0 Å². The fourth-order valence-electron chi connectivity index (χ4n) is 3.29. The SMILES string of the molecule is Nc1ccc(N2CCN(C(=O)c3cccc(Br)c3)CC2)c(-n2cnnc2)c1. The largest absolute Gasteiger partial charge is 0.399 e. The van der Waals surface area contributed by atoms with Gasteiger partial charge in [-0.15, -0.1) is 10.2 Å². The molecule has 7 nitrogen and oxygen atoms in total. The van der Waals surface area contributed by atoms with E-state index in [1.807, 2.05) is 51.9 Å². The van der Waals surface area contributed by atoms with E-state index in [1.165, 1.54) is 0 Å². The molecule has 1 aliphatic heterocycles. The van der Waals surface area contributed by atoms with E-state index < -0.39 is 0 Å². The van der Waals surface area contributed by atoms with Crippen molar-refractivity contribution in [2.45, 2.75) is 0 Å². The molecule has 0 atom stereocenters. The van der Waals surface area contributed by atoms with E-state index in [0.29, 0.717) is 24.3 Å². The minimum Gasteiger partial charge on any atom is -0.399 e. The van der Waals surface area contributed by atoms with Crippen molar-refractivity contribution in [1.82, 2.24) is 19.7 Å². The topological polar surface area (TPSA) is 80.3 Å². The number of amides is 1. The van der Waals surface area contributed by atoms with Crippen LogP contribution in [0.3, 0.4) is 0 Å². The van der Waals surface area contributed by atoms with Gasteiger partial charge in [-0.3, -0.25) is 9.36 Å². The van der Waals surface area contributed by atoms with Gasteiger partial charge in [0.25, 0.3) is 5.91 Å². The van der Waals surface area contributed by atoms with Crippen LogP contribution in [0.5, 0.6) is 0 Å². The van der Waals surface area contributed by atoms with Crippen LogP contribution in [-0.2, 0) is 0 Å². The molecule has 3 aromatic rings. The lowest BCUT2D eigenvalue weighted by molar-refractivity contribution is 0.0746. The first kappa shape index (κ1) is 17.5. The lowest BCUT2D eigenvalue weighted by Crippen LogP contribution is -2.49. The van der Waals surface area contributed by atoms with Crippen molar-refractivity contribution >= 4 is 33.2 Å². The fraction of sp³-hybridized carbons (Fsp3) is 0.211. The molecule has 0 spiro atoms. The third-order valence-corrected chi connectivity index (χ3v) is 5.17. The van der Waals surface area contributed by atoms with Gasteiger partial charge < -0.3 is 15.5 Å². The van der Waals surface area contributed by atoms with E-state index in [9.17, 15) is 4.79 Å². The minimum atomic E-state index is 0.0623. The third kappa shape index (κ3) is 3.66. The van der Waals surface area contributed by atoms with E-state index in [-0.39, 0.29) is 5.91 Å². The second-order valence-electron chi connectivity index (χ2n) is 6.41. The number of nitrogen functional groups attached to an aromatic ring is 1. The number of aromatic nitrogens is 3. The lowest BCUT2D eigenvalue weighted by Gasteiger charge is -2.37. The smallest absolute Gasteiger partial charge is 0.254 e. The van der Waals surface area contributed by atoms with Crippen LogP contribution in [0, 0.1) is 0 Å². The number of anilines is 2. The highest BCUT2D eigenvalue weighted by Crippen LogP contribution is 2.28. The second kappa shape index (κ2) is 7.40. The molecule has 27 heavy (non-hydrogen) atoms. The molecule has 1 amide bonds. The van der Waals surface area contributed by atoms with Crippen molar-refractivity contribution in [2.24, 2.45) is 0 Å². The van der Waals surface area contributed by atoms with Gasteiger partial charge in [-0.1, -0.05) is 22.0 Å². The number of nitrogens with zero attached hydrogens (tertiary/aromatic N) is 5. The minimum absolute atomic E-state index is 0.0623. The predicted octanol–water partition coefficient (Wildman–Crippen LogP) is 2.57. The highest BCUT2D eigenvalue weighted by molar-refractivity contribution is 9.10. The Balaban J connectivity index is 1.51. The summed E-state index contributed by atoms with van der Waals surface area (Å²) in [7, 11) is 0. The van der Waals surface area contributed by atoms with Crippen LogP contribution in [0.25, 0.3) is 5.69 Å². The average Bonchev–Trinajstić information content (AvgIpc) is 3.22. The molecule has 1 aliphatic rings. The number of halogens is 1. The van der Waals surface area contributed by atoms with Crippen LogP contribution in [0.15, 0.2) is 59.6 Å². The molecule has 2 N–H and O–H groups in total. The number of hydrogen-bond donors (Lipinski definition) is 1. The molecule has 4 rings (SSSR count). The Morgan fingerprint density at radius 3 is 2.41 bits per heavy atom. The Hall–Kier alpha value is -2.87. The maximum absolute atomic E-state index is 12.7. The van der Waals surface area contributed by atoms with Gasteiger partial charge in [-0.05, 0) is 36.4 Å². The molecule has 0 aliphatic carbocycles. The van der Waals surface area contributed by atoms with Gasteiger partial charge in [0.1, 0.15) is 12.7 Å². The van der Waals surface area contributed by atoms with Gasteiger partial charge in [0.2, 0.25) is 0 Å². The van der Waals surface area contributed by atoms with E-state index in [4.69, 9.17) is 5.73 Å². The van der Waals surface area contributed by atoms with Gasteiger partial charge >= 0.3 is 0 Å². The first-order valence-electron chi connectivity index (χ1n) is 8.66. The van der Waals surface area contributed by atoms with E-state index in [1.54, 1.807) is 12.7 Å². The Morgan fingerprint density at radius 1 is 0.963 bits per heavy atom. The molecular weight excluding hydrogens is 408 g/mol. The number of carbonyl (C=O) groups is 1. The molecule has 138 valence electrons. The summed E-state index contributed by atoms with van der Waals surface area (Å²) in [5.74, 6) is 0.0623. The average molecular weight is 427 g/mol. The van der Waals surface area contributed by atoms with Crippen molar-refractivity contribution in [2.75, 3.05) is 36.8 Å². The number of nitrogens with two attached hydrogens (primary N) is 1. The molecule has 1 aromatic heterocycles. The van der Waals surface area contributed by atoms with Crippen molar-refractivity contribution in [3.63, 3.8) is 0 Å². The molecule has 0 saturated carbocycles. The van der Waals surface area contributed by atoms with Crippen molar-refractivity contribution in [1.29, 1.82) is 0 Å². The Kier molecular flexibility index (Phi) is 4.81. The monoisotopic (exact) mass is 426 g/mol. The first-order chi connectivity index (χ1) is 13.1.